The molecule has 6 heteroatoms. The van der Waals surface area contributed by atoms with E-state index in [4.69, 9.17) is 11.6 Å². The Morgan fingerprint density at radius 3 is 2.80 bits per heavy atom. The summed E-state index contributed by atoms with van der Waals surface area (Å²) in [4.78, 5) is 12.0. The van der Waals surface area contributed by atoms with Crippen LogP contribution in [-0.2, 0) is 5.60 Å². The van der Waals surface area contributed by atoms with Gasteiger partial charge >= 0.3 is 0 Å². The molecule has 20 heavy (non-hydrogen) atoms. The molecule has 0 aliphatic carbocycles. The van der Waals surface area contributed by atoms with Gasteiger partial charge in [0.1, 0.15) is 5.60 Å². The van der Waals surface area contributed by atoms with E-state index in [0.29, 0.717) is 21.8 Å². The number of nitrogens with zero attached hydrogens (tertiary/aromatic N) is 1. The molecule has 1 heterocycles. The van der Waals surface area contributed by atoms with Crippen molar-refractivity contribution in [1.82, 2.24) is 9.69 Å². The van der Waals surface area contributed by atoms with Crippen LogP contribution in [0.15, 0.2) is 29.6 Å². The molecule has 1 aromatic heterocycles. The van der Waals surface area contributed by atoms with Crippen molar-refractivity contribution in [3.05, 3.63) is 51.5 Å². The zero-order chi connectivity index (χ0) is 14.8. The van der Waals surface area contributed by atoms with Crippen molar-refractivity contribution in [3.8, 4) is 0 Å². The molecule has 0 saturated heterocycles. The van der Waals surface area contributed by atoms with Crippen molar-refractivity contribution >= 4 is 29.0 Å². The first kappa shape index (κ1) is 15.0. The zero-order valence-electron chi connectivity index (χ0n) is 11.2. The van der Waals surface area contributed by atoms with Crippen LogP contribution in [0.3, 0.4) is 0 Å². The lowest BCUT2D eigenvalue weighted by atomic mass is 9.96. The fraction of sp³-hybridized carbons (Fsp3) is 0.286. The van der Waals surface area contributed by atoms with Crippen molar-refractivity contribution in [1.29, 1.82) is 0 Å². The number of halogens is 1. The molecule has 4 nitrogen and oxygen atoms in total. The second kappa shape index (κ2) is 5.91. The number of rotatable bonds is 4. The van der Waals surface area contributed by atoms with Crippen LogP contribution >= 0.6 is 23.1 Å². The molecule has 0 fully saturated rings. The summed E-state index contributed by atoms with van der Waals surface area (Å²) in [6, 6.07) is 7.04. The van der Waals surface area contributed by atoms with Gasteiger partial charge in [-0.25, -0.2) is 0 Å². The Morgan fingerprint density at radius 2 is 2.20 bits per heavy atom. The van der Waals surface area contributed by atoms with Crippen molar-refractivity contribution in [2.24, 2.45) is 0 Å². The third-order valence-electron chi connectivity index (χ3n) is 3.04. The number of aliphatic hydroxyl groups is 1. The summed E-state index contributed by atoms with van der Waals surface area (Å²) in [5.74, 6) is -0.247. The third kappa shape index (κ3) is 3.17. The highest BCUT2D eigenvalue weighted by Crippen LogP contribution is 2.27. The molecular formula is C14H15ClN2O2S. The standard InChI is InChI=1S/C14H15ClN2O2S/c1-9-10(7-20-17-9)13(18)16-8-14(2,19)11-5-3-4-6-12(11)15/h3-7,19H,8H2,1-2H3,(H,16,18). The molecule has 0 radical (unpaired) electrons. The van der Waals surface area contributed by atoms with Crippen LogP contribution in [0.25, 0.3) is 0 Å². The Kier molecular flexibility index (Phi) is 4.42. The van der Waals surface area contributed by atoms with Crippen LogP contribution in [0.5, 0.6) is 0 Å². The van der Waals surface area contributed by atoms with Crippen molar-refractivity contribution in [3.63, 3.8) is 0 Å². The number of carbonyl (C=O) groups excluding carboxylic acids is 1. The maximum absolute atomic E-state index is 12.0. The molecule has 1 aromatic carbocycles. The molecule has 0 aliphatic heterocycles. The number of hydrogen-bond acceptors (Lipinski definition) is 4. The summed E-state index contributed by atoms with van der Waals surface area (Å²) < 4.78 is 4.05. The number of hydrogen-bond donors (Lipinski definition) is 2. The van der Waals surface area contributed by atoms with E-state index < -0.39 is 5.60 Å². The fourth-order valence-corrected chi connectivity index (χ4v) is 2.88. The molecule has 0 saturated carbocycles. The Balaban J connectivity index is 2.08. The highest BCUT2D eigenvalue weighted by atomic mass is 35.5. The summed E-state index contributed by atoms with van der Waals surface area (Å²) in [7, 11) is 0. The van der Waals surface area contributed by atoms with Crippen molar-refractivity contribution < 1.29 is 9.90 Å². The number of nitrogens with one attached hydrogen (secondary N) is 1. The minimum absolute atomic E-state index is 0.0743. The van der Waals surface area contributed by atoms with Crippen molar-refractivity contribution in [2.45, 2.75) is 19.4 Å². The van der Waals surface area contributed by atoms with E-state index in [1.165, 1.54) is 11.5 Å². The average Bonchev–Trinajstić information content (AvgIpc) is 2.83. The average molecular weight is 311 g/mol. The first-order valence-electron chi connectivity index (χ1n) is 6.08. The van der Waals surface area contributed by atoms with Gasteiger partial charge in [-0.05, 0) is 31.4 Å². The first-order valence-corrected chi connectivity index (χ1v) is 7.30. The van der Waals surface area contributed by atoms with Gasteiger partial charge in [-0.2, -0.15) is 4.37 Å². The van der Waals surface area contributed by atoms with Gasteiger partial charge in [0.25, 0.3) is 5.91 Å². The van der Waals surface area contributed by atoms with Gasteiger partial charge in [0.2, 0.25) is 0 Å². The van der Waals surface area contributed by atoms with Crippen molar-refractivity contribution in [2.75, 3.05) is 6.54 Å². The predicted molar refractivity (Wildman–Crippen MR) is 80.2 cm³/mol. The Morgan fingerprint density at radius 1 is 1.50 bits per heavy atom. The van der Waals surface area contributed by atoms with E-state index in [-0.39, 0.29) is 12.5 Å². The van der Waals surface area contributed by atoms with E-state index in [1.807, 2.05) is 0 Å². The van der Waals surface area contributed by atoms with Gasteiger partial charge in [-0.15, -0.1) is 0 Å². The SMILES string of the molecule is Cc1nscc1C(=O)NCC(C)(O)c1ccccc1Cl. The number of carbonyl (C=O) groups is 1. The molecule has 0 spiro atoms. The highest BCUT2D eigenvalue weighted by molar-refractivity contribution is 7.03. The quantitative estimate of drug-likeness (QED) is 0.912. The van der Waals surface area contributed by atoms with Crippen LogP contribution in [0.1, 0.15) is 28.5 Å². The second-order valence-corrected chi connectivity index (χ2v) is 5.79. The van der Waals surface area contributed by atoms with Gasteiger partial charge in [-0.3, -0.25) is 4.79 Å². The molecule has 106 valence electrons. The lowest BCUT2D eigenvalue weighted by molar-refractivity contribution is 0.0527. The normalized spacial score (nSPS) is 13.8. The highest BCUT2D eigenvalue weighted by Gasteiger charge is 2.26. The van der Waals surface area contributed by atoms with E-state index >= 15 is 0 Å². The van der Waals surface area contributed by atoms with E-state index in [1.54, 1.807) is 43.5 Å². The molecule has 2 N–H and O–H groups in total. The van der Waals surface area contributed by atoms with Gasteiger partial charge in [0.05, 0.1) is 17.8 Å². The largest absolute Gasteiger partial charge is 0.384 e. The summed E-state index contributed by atoms with van der Waals surface area (Å²) in [5.41, 5.74) is 0.572. The lowest BCUT2D eigenvalue weighted by Crippen LogP contribution is -2.38. The summed E-state index contributed by atoms with van der Waals surface area (Å²) in [6.45, 7) is 3.47. The second-order valence-electron chi connectivity index (χ2n) is 4.75. The summed E-state index contributed by atoms with van der Waals surface area (Å²) >= 11 is 7.30. The monoisotopic (exact) mass is 310 g/mol. The van der Waals surface area contributed by atoms with E-state index in [0.717, 1.165) is 0 Å². The molecule has 0 bridgehead atoms. The van der Waals surface area contributed by atoms with E-state index in [9.17, 15) is 9.90 Å². The van der Waals surface area contributed by atoms with E-state index in [2.05, 4.69) is 9.69 Å². The predicted octanol–water partition coefficient (Wildman–Crippen LogP) is 2.74. The lowest BCUT2D eigenvalue weighted by Gasteiger charge is -2.25. The third-order valence-corrected chi connectivity index (χ3v) is 4.09. The molecule has 1 atom stereocenters. The molecule has 1 amide bonds. The maximum Gasteiger partial charge on any atom is 0.254 e. The molecular weight excluding hydrogens is 296 g/mol. The molecule has 2 aromatic rings. The molecule has 1 unspecified atom stereocenters. The van der Waals surface area contributed by atoms with Crippen LogP contribution in [-0.4, -0.2) is 21.9 Å². The van der Waals surface area contributed by atoms with Gasteiger partial charge in [0.15, 0.2) is 0 Å². The minimum Gasteiger partial charge on any atom is -0.384 e. The Labute approximate surface area is 126 Å². The van der Waals surface area contributed by atoms with Gasteiger partial charge < -0.3 is 10.4 Å². The van der Waals surface area contributed by atoms with Crippen LogP contribution in [0.4, 0.5) is 0 Å². The molecule has 0 aliphatic rings. The summed E-state index contributed by atoms with van der Waals surface area (Å²) in [5, 5.41) is 15.3. The van der Waals surface area contributed by atoms with Gasteiger partial charge in [0, 0.05) is 16.0 Å². The first-order chi connectivity index (χ1) is 9.42. The van der Waals surface area contributed by atoms with Crippen LogP contribution in [0, 0.1) is 6.92 Å². The number of aromatic nitrogens is 1. The maximum atomic E-state index is 12.0. The topological polar surface area (TPSA) is 62.2 Å². The number of aryl methyl sites for hydroxylation is 1. The molecule has 2 rings (SSSR count). The number of benzene rings is 1. The van der Waals surface area contributed by atoms with Crippen LogP contribution < -0.4 is 5.32 Å². The Bertz CT molecular complexity index is 625. The van der Waals surface area contributed by atoms with Crippen LogP contribution in [0.2, 0.25) is 5.02 Å². The zero-order valence-corrected chi connectivity index (χ0v) is 12.8. The van der Waals surface area contributed by atoms with Gasteiger partial charge in [-0.1, -0.05) is 29.8 Å². The number of amides is 1. The minimum atomic E-state index is -1.23. The smallest absolute Gasteiger partial charge is 0.254 e. The summed E-state index contributed by atoms with van der Waals surface area (Å²) in [6.07, 6.45) is 0. The Hall–Kier alpha value is -1.43. The fourth-order valence-electron chi connectivity index (χ4n) is 1.85.